The van der Waals surface area contributed by atoms with Crippen LogP contribution in [0.3, 0.4) is 0 Å². The number of carboxylic acid groups (broad SMARTS) is 1. The Morgan fingerprint density at radius 1 is 0.764 bits per heavy atom. The number of aromatic nitrogens is 3. The van der Waals surface area contributed by atoms with Crippen LogP contribution in [0.15, 0.2) is 94.7 Å². The SMILES string of the molecule is Cc1sc2c(c1C)C(c1ccc(Cl)cc1)=N[C@@H](CC(=O)NCCCCOCCOCCNC(=O)C1C[N+](=C3C=CC4=C(c5cc(C(=O)NCCOCCOCCCCCCCl)ccc5C(=O)[O-])c5ccc(N6CCC6)cc5[Si](C)(C)C4=C3)C1)c1nnc(C)n1-2. The number of carbonyl (C=O) groups is 4. The number of nitrogens with zero attached hydrogens (tertiary/aromatic N) is 6. The molecule has 10 rings (SSSR count). The lowest BCUT2D eigenvalue weighted by Crippen LogP contribution is -2.52. The van der Waals surface area contributed by atoms with Crippen molar-refractivity contribution in [2.24, 2.45) is 10.9 Å². The van der Waals surface area contributed by atoms with Crippen molar-refractivity contribution in [1.82, 2.24) is 30.7 Å². The molecule has 6 heterocycles. The molecule has 89 heavy (non-hydrogen) atoms. The molecule has 3 amide bonds. The summed E-state index contributed by atoms with van der Waals surface area (Å²) >= 11 is 13.7. The Kier molecular flexibility index (Phi) is 22.4. The van der Waals surface area contributed by atoms with E-state index in [1.807, 2.05) is 35.8 Å². The number of carbonyl (C=O) groups excluding carboxylic acids is 4. The van der Waals surface area contributed by atoms with Gasteiger partial charge in [-0.05, 0) is 134 Å². The first-order chi connectivity index (χ1) is 43.1. The molecule has 1 aliphatic carbocycles. The molecule has 4 aliphatic heterocycles. The summed E-state index contributed by atoms with van der Waals surface area (Å²) in [7, 11) is -2.45. The van der Waals surface area contributed by atoms with E-state index in [1.54, 1.807) is 17.4 Å². The molecule has 2 saturated heterocycles. The molecule has 0 unspecified atom stereocenters. The van der Waals surface area contributed by atoms with Crippen LogP contribution < -0.4 is 31.1 Å². The number of aliphatic imine (C=N–C) groups is 1. The zero-order valence-electron chi connectivity index (χ0n) is 51.7. The molecule has 0 spiro atoms. The van der Waals surface area contributed by atoms with Crippen LogP contribution in [0.2, 0.25) is 18.1 Å². The number of rotatable bonds is 31. The second kappa shape index (κ2) is 30.5. The molecule has 5 aliphatic rings. The molecular formula is C67H81Cl2N9O9SSi. The summed E-state index contributed by atoms with van der Waals surface area (Å²) in [5.41, 5.74) is 9.42. The Morgan fingerprint density at radius 3 is 2.16 bits per heavy atom. The number of thiophene rings is 1. The van der Waals surface area contributed by atoms with Crippen LogP contribution in [0, 0.1) is 26.7 Å². The van der Waals surface area contributed by atoms with E-state index >= 15 is 0 Å². The number of halogens is 2. The van der Waals surface area contributed by atoms with Gasteiger partial charge in [0.15, 0.2) is 30.5 Å². The minimum Gasteiger partial charge on any atom is -0.545 e. The molecule has 0 bridgehead atoms. The van der Waals surface area contributed by atoms with Crippen LogP contribution in [0.25, 0.3) is 10.6 Å². The van der Waals surface area contributed by atoms with Crippen LogP contribution >= 0.6 is 34.5 Å². The third kappa shape index (κ3) is 15.4. The Bertz CT molecular complexity index is 3580. The fourth-order valence-electron chi connectivity index (χ4n) is 12.0. The number of nitrogens with one attached hydrogen (secondary N) is 3. The summed E-state index contributed by atoms with van der Waals surface area (Å²) < 4.78 is 27.3. The lowest BCUT2D eigenvalue weighted by Gasteiger charge is -2.40. The Morgan fingerprint density at radius 2 is 1.46 bits per heavy atom. The maximum atomic E-state index is 13.7. The molecule has 2 aromatic heterocycles. The fraction of sp³-hybridized carbons (Fsp3) is 0.463. The number of carboxylic acids is 1. The van der Waals surface area contributed by atoms with E-state index in [0.29, 0.717) is 107 Å². The number of fused-ring (bicyclic) bond motifs is 5. The van der Waals surface area contributed by atoms with E-state index in [4.69, 9.17) is 47.1 Å². The fourth-order valence-corrected chi connectivity index (χ4v) is 16.6. The molecule has 0 radical (unpaired) electrons. The predicted molar refractivity (Wildman–Crippen MR) is 351 cm³/mol. The predicted octanol–water partition coefficient (Wildman–Crippen LogP) is 7.92. The van der Waals surface area contributed by atoms with Gasteiger partial charge >= 0.3 is 0 Å². The molecule has 5 aromatic rings. The first kappa shape index (κ1) is 65.3. The van der Waals surface area contributed by atoms with Gasteiger partial charge in [0.05, 0.1) is 57.7 Å². The van der Waals surface area contributed by atoms with Gasteiger partial charge < -0.3 is 49.7 Å². The molecular weight excluding hydrogens is 1210 g/mol. The molecule has 3 aromatic carbocycles. The van der Waals surface area contributed by atoms with E-state index in [9.17, 15) is 24.3 Å². The Balaban J connectivity index is 0.676. The highest BCUT2D eigenvalue weighted by molar-refractivity contribution is 7.15. The first-order valence-corrected chi connectivity index (χ1v) is 35.9. The number of allylic oxidation sites excluding steroid dienone is 5. The van der Waals surface area contributed by atoms with Crippen LogP contribution in [-0.4, -0.2) is 167 Å². The van der Waals surface area contributed by atoms with Gasteiger partial charge in [0.25, 0.3) is 5.91 Å². The van der Waals surface area contributed by atoms with Crippen molar-refractivity contribution in [3.05, 3.63) is 150 Å². The summed E-state index contributed by atoms with van der Waals surface area (Å²) in [5, 5.41) is 34.9. The highest BCUT2D eigenvalue weighted by Crippen LogP contribution is 2.44. The number of unbranched alkanes of at least 4 members (excludes halogenated alkanes) is 4. The highest BCUT2D eigenvalue weighted by Gasteiger charge is 2.44. The van der Waals surface area contributed by atoms with Gasteiger partial charge in [0.2, 0.25) is 11.8 Å². The summed E-state index contributed by atoms with van der Waals surface area (Å²) in [6, 6.07) is 18.3. The number of aromatic carboxylic acids is 1. The molecule has 3 N–H and O–H groups in total. The van der Waals surface area contributed by atoms with Gasteiger partial charge in [0.1, 0.15) is 24.9 Å². The number of aryl methyl sites for hydroxylation is 2. The van der Waals surface area contributed by atoms with Crippen LogP contribution in [0.5, 0.6) is 0 Å². The lowest BCUT2D eigenvalue weighted by atomic mass is 9.86. The normalized spacial score (nSPS) is 17.1. The summed E-state index contributed by atoms with van der Waals surface area (Å²) in [4.78, 5) is 62.2. The molecule has 472 valence electrons. The number of alkyl halides is 1. The van der Waals surface area contributed by atoms with Gasteiger partial charge in [-0.1, -0.05) is 61.8 Å². The number of benzene rings is 3. The topological polar surface area (TPSA) is 214 Å². The van der Waals surface area contributed by atoms with E-state index in [-0.39, 0.29) is 42.2 Å². The zero-order chi connectivity index (χ0) is 62.6. The molecule has 22 heteroatoms. The van der Waals surface area contributed by atoms with Crippen molar-refractivity contribution >= 4 is 94.2 Å². The number of ether oxygens (including phenoxy) is 4. The monoisotopic (exact) mass is 1290 g/mol. The average molecular weight is 1290 g/mol. The Hall–Kier alpha value is -6.62. The number of hydrogen-bond donors (Lipinski definition) is 3. The van der Waals surface area contributed by atoms with Crippen LogP contribution in [0.1, 0.15) is 122 Å². The van der Waals surface area contributed by atoms with Crippen molar-refractivity contribution in [1.29, 1.82) is 0 Å². The van der Waals surface area contributed by atoms with Gasteiger partial charge in [-0.15, -0.1) is 33.1 Å². The van der Waals surface area contributed by atoms with E-state index in [2.05, 4.69) is 99.0 Å². The van der Waals surface area contributed by atoms with E-state index in [0.717, 1.165) is 125 Å². The Labute approximate surface area is 536 Å². The van der Waals surface area contributed by atoms with Crippen molar-refractivity contribution in [2.75, 3.05) is 109 Å². The molecule has 18 nitrogen and oxygen atoms in total. The first-order valence-electron chi connectivity index (χ1n) is 31.2. The summed E-state index contributed by atoms with van der Waals surface area (Å²) in [5.74, 6) is 0.0708. The quantitative estimate of drug-likeness (QED) is 0.0167. The second-order valence-electron chi connectivity index (χ2n) is 23.7. The minimum atomic E-state index is -2.45. The van der Waals surface area contributed by atoms with Gasteiger partial charge in [-0.3, -0.25) is 23.9 Å². The van der Waals surface area contributed by atoms with Crippen molar-refractivity contribution in [2.45, 2.75) is 91.3 Å². The zero-order valence-corrected chi connectivity index (χ0v) is 55.0. The van der Waals surface area contributed by atoms with Gasteiger partial charge in [0, 0.05) is 102 Å². The van der Waals surface area contributed by atoms with Crippen molar-refractivity contribution < 1.29 is 47.8 Å². The smallest absolute Gasteiger partial charge is 0.251 e. The van der Waals surface area contributed by atoms with Crippen LogP contribution in [0.4, 0.5) is 5.69 Å². The standard InChI is InChI=1S/C67H81Cl2N9O9SSi/c1-43-44(2)88-66-60(43)62(46-13-16-49(69)17-14-46)73-56(63-75-74-45(3)78(63)66)40-59(79)70-24-9-11-30-85-34-36-87-32-26-72-65(81)48-41-77(42-48)51-19-22-54-58(39-51)89(4,5)57-38-50(76-27-12-28-76)18-21-53(57)61(54)55-37-47(15-20-52(55)67(82)83)64(80)71-25-31-86-35-33-84-29-10-7-6-8-23-68/h13-22,37-39,48,56H,6-12,23-36,40-42H2,1-5H3,(H3-,70,71,72,79,80,81,82,83)/t56-/m0/s1. The van der Waals surface area contributed by atoms with E-state index < -0.39 is 20.1 Å². The lowest BCUT2D eigenvalue weighted by molar-refractivity contribution is -0.596. The third-order valence-corrected chi connectivity index (χ3v) is 22.5. The summed E-state index contributed by atoms with van der Waals surface area (Å²) in [6.07, 6.45) is 13.3. The average Bonchev–Trinajstić information content (AvgIpc) is 1.30. The molecule has 0 saturated carbocycles. The largest absolute Gasteiger partial charge is 0.545 e. The van der Waals surface area contributed by atoms with Crippen molar-refractivity contribution in [3.63, 3.8) is 0 Å². The maximum Gasteiger partial charge on any atom is 0.251 e. The second-order valence-corrected chi connectivity index (χ2v) is 30.1. The molecule has 1 atom stereocenters. The number of anilines is 1. The minimum absolute atomic E-state index is 0.00476. The van der Waals surface area contributed by atoms with Crippen molar-refractivity contribution in [3.8, 4) is 5.00 Å². The summed E-state index contributed by atoms with van der Waals surface area (Å²) in [6.45, 7) is 18.6. The van der Waals surface area contributed by atoms with Gasteiger partial charge in [-0.25, -0.2) is 4.58 Å². The molecule has 2 fully saturated rings. The van der Waals surface area contributed by atoms with E-state index in [1.165, 1.54) is 22.2 Å². The van der Waals surface area contributed by atoms with Crippen LogP contribution in [-0.2, 0) is 28.5 Å². The maximum absolute atomic E-state index is 13.7. The number of amides is 3. The third-order valence-electron chi connectivity index (χ3n) is 17.3. The number of hydrogen-bond acceptors (Lipinski definition) is 14. The highest BCUT2D eigenvalue weighted by atomic mass is 35.5. The van der Waals surface area contributed by atoms with Gasteiger partial charge in [-0.2, -0.15) is 0 Å².